The Kier molecular flexibility index (Phi) is 5.08. The maximum atomic E-state index is 12.3. The second kappa shape index (κ2) is 7.43. The molecule has 7 nitrogen and oxygen atoms in total. The van der Waals surface area contributed by atoms with E-state index in [2.05, 4.69) is 11.6 Å². The number of benzene rings is 1. The van der Waals surface area contributed by atoms with Crippen LogP contribution in [0.15, 0.2) is 41.8 Å². The number of fused-ring (bicyclic) bond motifs is 1. The number of nitrogens with zero attached hydrogens (tertiary/aromatic N) is 2. The molecule has 0 fully saturated rings. The summed E-state index contributed by atoms with van der Waals surface area (Å²) in [6.45, 7) is 5.03. The number of carbonyl (C=O) groups excluding carboxylic acids is 1. The van der Waals surface area contributed by atoms with Gasteiger partial charge < -0.3 is 23.5 Å². The molecule has 0 N–H and O–H groups in total. The Hall–Kier alpha value is -2.74. The zero-order valence-corrected chi connectivity index (χ0v) is 14.8. The number of hydrogen-bond acceptors (Lipinski definition) is 6. The molecule has 0 saturated heterocycles. The minimum atomic E-state index is -0.483. The Bertz CT molecular complexity index is 910. The van der Waals surface area contributed by atoms with Gasteiger partial charge >= 0.3 is 5.91 Å². The highest BCUT2D eigenvalue weighted by Gasteiger charge is 2.16. The van der Waals surface area contributed by atoms with Crippen molar-refractivity contribution in [2.75, 3.05) is 27.4 Å². The summed E-state index contributed by atoms with van der Waals surface area (Å²) < 4.78 is 23.9. The van der Waals surface area contributed by atoms with Crippen LogP contribution in [0.4, 0.5) is 0 Å². The largest absolute Gasteiger partial charge is 0.494 e. The van der Waals surface area contributed by atoms with Gasteiger partial charge in [0.2, 0.25) is 5.76 Å². The van der Waals surface area contributed by atoms with E-state index < -0.39 is 5.91 Å². The van der Waals surface area contributed by atoms with Crippen LogP contribution in [-0.2, 0) is 20.8 Å². The van der Waals surface area contributed by atoms with E-state index in [-0.39, 0.29) is 5.76 Å². The van der Waals surface area contributed by atoms with Crippen molar-refractivity contribution in [1.29, 1.82) is 0 Å². The first-order valence-corrected chi connectivity index (χ1v) is 8.39. The molecule has 0 radical (unpaired) electrons. The summed E-state index contributed by atoms with van der Waals surface area (Å²) in [4.78, 5) is 17.0. The molecule has 0 spiro atoms. The maximum Gasteiger partial charge on any atom is 0.317 e. The summed E-state index contributed by atoms with van der Waals surface area (Å²) in [5.74, 6) is 0.842. The lowest BCUT2D eigenvalue weighted by molar-refractivity contribution is -0.119. The molecule has 0 aliphatic carbocycles. The number of rotatable bonds is 5. The number of aromatic nitrogens is 1. The smallest absolute Gasteiger partial charge is 0.317 e. The van der Waals surface area contributed by atoms with Gasteiger partial charge in [0.15, 0.2) is 16.3 Å². The average Bonchev–Trinajstić information content (AvgIpc) is 2.97. The van der Waals surface area contributed by atoms with Crippen LogP contribution in [0.3, 0.4) is 0 Å². The van der Waals surface area contributed by atoms with Crippen molar-refractivity contribution in [3.8, 4) is 11.5 Å². The highest BCUT2D eigenvalue weighted by molar-refractivity contribution is 7.16. The van der Waals surface area contributed by atoms with E-state index in [1.54, 1.807) is 20.3 Å². The molecule has 2 heterocycles. The molecular formula is C17H18N2O5S. The van der Waals surface area contributed by atoms with Gasteiger partial charge in [-0.25, -0.2) is 0 Å². The van der Waals surface area contributed by atoms with Crippen LogP contribution in [0.2, 0.25) is 0 Å². The molecule has 1 aromatic heterocycles. The standard InChI is InChI=1S/C17H18N2O5S/c1-4-5-19-11-8-12(21-2)13(22-3)9-15(11)25-17(19)18-16(20)14-10-23-6-7-24-14/h4,8-10H,1,5-7H2,2-3H3. The number of methoxy groups -OCH3 is 2. The molecule has 1 aromatic carbocycles. The summed E-state index contributed by atoms with van der Waals surface area (Å²) >= 11 is 1.37. The third-order valence-electron chi connectivity index (χ3n) is 3.56. The molecule has 0 saturated carbocycles. The molecule has 0 unspecified atom stereocenters. The molecular weight excluding hydrogens is 344 g/mol. The maximum absolute atomic E-state index is 12.3. The van der Waals surface area contributed by atoms with Gasteiger partial charge in [0.25, 0.3) is 0 Å². The molecule has 8 heteroatoms. The fourth-order valence-corrected chi connectivity index (χ4v) is 3.46. The number of thiazole rings is 1. The van der Waals surface area contributed by atoms with Crippen LogP contribution in [0.1, 0.15) is 0 Å². The lowest BCUT2D eigenvalue weighted by Gasteiger charge is -2.12. The van der Waals surface area contributed by atoms with Gasteiger partial charge in [-0.1, -0.05) is 17.4 Å². The van der Waals surface area contributed by atoms with E-state index in [4.69, 9.17) is 18.9 Å². The SMILES string of the molecule is C=CCn1c(=NC(=O)C2=COCCO2)sc2cc(OC)c(OC)cc21. The van der Waals surface area contributed by atoms with Crippen molar-refractivity contribution in [3.63, 3.8) is 0 Å². The van der Waals surface area contributed by atoms with Crippen LogP contribution in [-0.4, -0.2) is 37.9 Å². The molecule has 2 aromatic rings. The van der Waals surface area contributed by atoms with Gasteiger partial charge in [0.1, 0.15) is 19.5 Å². The topological polar surface area (TPSA) is 71.3 Å². The lowest BCUT2D eigenvalue weighted by atomic mass is 10.3. The van der Waals surface area contributed by atoms with Crippen molar-refractivity contribution in [2.45, 2.75) is 6.54 Å². The first-order valence-electron chi connectivity index (χ1n) is 7.57. The van der Waals surface area contributed by atoms with Crippen molar-refractivity contribution in [2.24, 2.45) is 4.99 Å². The summed E-state index contributed by atoms with van der Waals surface area (Å²) in [6.07, 6.45) is 3.04. The van der Waals surface area contributed by atoms with Gasteiger partial charge in [-0.05, 0) is 0 Å². The van der Waals surface area contributed by atoms with E-state index in [0.717, 1.165) is 10.2 Å². The molecule has 132 valence electrons. The minimum Gasteiger partial charge on any atom is -0.494 e. The molecule has 0 atom stereocenters. The highest BCUT2D eigenvalue weighted by Crippen LogP contribution is 2.33. The third kappa shape index (κ3) is 3.39. The first-order chi connectivity index (χ1) is 12.2. The Morgan fingerprint density at radius 3 is 2.76 bits per heavy atom. The number of hydrogen-bond donors (Lipinski definition) is 0. The van der Waals surface area contributed by atoms with Crippen molar-refractivity contribution < 1.29 is 23.7 Å². The molecule has 1 aliphatic heterocycles. The van der Waals surface area contributed by atoms with E-state index in [9.17, 15) is 4.79 Å². The summed E-state index contributed by atoms with van der Waals surface area (Å²) in [5, 5.41) is 0. The number of allylic oxidation sites excluding steroid dienone is 1. The van der Waals surface area contributed by atoms with Crippen LogP contribution in [0, 0.1) is 0 Å². The Morgan fingerprint density at radius 1 is 1.36 bits per heavy atom. The normalized spacial score (nSPS) is 14.5. The summed E-state index contributed by atoms with van der Waals surface area (Å²) in [5.41, 5.74) is 0.879. The zero-order valence-electron chi connectivity index (χ0n) is 14.0. The Balaban J connectivity index is 2.15. The van der Waals surface area contributed by atoms with Crippen LogP contribution in [0.5, 0.6) is 11.5 Å². The lowest BCUT2D eigenvalue weighted by Crippen LogP contribution is -2.19. The fourth-order valence-electron chi connectivity index (χ4n) is 2.41. The molecule has 3 rings (SSSR count). The third-order valence-corrected chi connectivity index (χ3v) is 4.60. The monoisotopic (exact) mass is 362 g/mol. The second-order valence-corrected chi connectivity index (χ2v) is 6.09. The quantitative estimate of drug-likeness (QED) is 0.763. The van der Waals surface area contributed by atoms with E-state index in [0.29, 0.717) is 36.1 Å². The molecule has 1 aliphatic rings. The predicted molar refractivity (Wildman–Crippen MR) is 93.7 cm³/mol. The van der Waals surface area contributed by atoms with Gasteiger partial charge in [0.05, 0.1) is 24.4 Å². The number of ether oxygens (including phenoxy) is 4. The number of carbonyl (C=O) groups is 1. The summed E-state index contributed by atoms with van der Waals surface area (Å²) in [6, 6.07) is 3.72. The van der Waals surface area contributed by atoms with E-state index in [1.165, 1.54) is 17.6 Å². The first kappa shape index (κ1) is 17.1. The van der Waals surface area contributed by atoms with Gasteiger partial charge in [-0.2, -0.15) is 4.99 Å². The Labute approximate surface area is 148 Å². The van der Waals surface area contributed by atoms with E-state index >= 15 is 0 Å². The fraction of sp³-hybridized carbons (Fsp3) is 0.294. The van der Waals surface area contributed by atoms with Gasteiger partial charge in [0, 0.05) is 18.7 Å². The number of amides is 1. The highest BCUT2D eigenvalue weighted by atomic mass is 32.1. The van der Waals surface area contributed by atoms with Crippen LogP contribution in [0.25, 0.3) is 10.2 Å². The van der Waals surface area contributed by atoms with Crippen LogP contribution < -0.4 is 14.3 Å². The molecule has 1 amide bonds. The van der Waals surface area contributed by atoms with Gasteiger partial charge in [-0.15, -0.1) is 6.58 Å². The van der Waals surface area contributed by atoms with Crippen molar-refractivity contribution in [3.05, 3.63) is 41.6 Å². The average molecular weight is 362 g/mol. The minimum absolute atomic E-state index is 0.101. The van der Waals surface area contributed by atoms with Gasteiger partial charge in [-0.3, -0.25) is 4.79 Å². The second-order valence-electron chi connectivity index (χ2n) is 5.08. The Morgan fingerprint density at radius 2 is 2.12 bits per heavy atom. The zero-order chi connectivity index (χ0) is 17.8. The molecule has 25 heavy (non-hydrogen) atoms. The molecule has 0 bridgehead atoms. The van der Waals surface area contributed by atoms with Crippen LogP contribution >= 0.6 is 11.3 Å². The predicted octanol–water partition coefficient (Wildman–Crippen LogP) is 2.22. The summed E-state index contributed by atoms with van der Waals surface area (Å²) in [7, 11) is 3.16. The van der Waals surface area contributed by atoms with Crippen molar-refractivity contribution >= 4 is 27.5 Å². The van der Waals surface area contributed by atoms with E-state index in [1.807, 2.05) is 16.7 Å². The van der Waals surface area contributed by atoms with Crippen molar-refractivity contribution in [1.82, 2.24) is 4.57 Å².